The summed E-state index contributed by atoms with van der Waals surface area (Å²) in [5, 5.41) is 12.6. The zero-order valence-electron chi connectivity index (χ0n) is 18.2. The second-order valence-electron chi connectivity index (χ2n) is 9.97. The highest BCUT2D eigenvalue weighted by atomic mass is 35.5. The Bertz CT molecular complexity index is 924. The summed E-state index contributed by atoms with van der Waals surface area (Å²) in [6, 6.07) is 9.13. The largest absolute Gasteiger partial charge is 0.375 e. The number of likely N-dealkylation sites (tertiary alicyclic amines) is 1. The molecule has 1 aromatic carbocycles. The Labute approximate surface area is 188 Å². The molecule has 1 saturated carbocycles. The van der Waals surface area contributed by atoms with E-state index in [-0.39, 0.29) is 11.4 Å². The van der Waals surface area contributed by atoms with Gasteiger partial charge in [0.15, 0.2) is 0 Å². The molecule has 2 saturated heterocycles. The van der Waals surface area contributed by atoms with Crippen molar-refractivity contribution in [3.05, 3.63) is 41.2 Å². The number of hydrogen-bond donors (Lipinski definition) is 1. The Morgan fingerprint density at radius 3 is 2.58 bits per heavy atom. The number of anilines is 1. The molecule has 2 aromatic rings. The lowest BCUT2D eigenvalue weighted by Crippen LogP contribution is -2.45. The molecule has 1 N–H and O–H groups in total. The molecule has 3 fully saturated rings. The third-order valence-electron chi connectivity index (χ3n) is 7.19. The van der Waals surface area contributed by atoms with E-state index in [2.05, 4.69) is 34.3 Å². The van der Waals surface area contributed by atoms with Crippen molar-refractivity contribution in [2.24, 2.45) is 11.8 Å². The highest BCUT2D eigenvalue weighted by molar-refractivity contribution is 6.33. The lowest BCUT2D eigenvalue weighted by Gasteiger charge is -2.40. The second kappa shape index (κ2) is 8.30. The van der Waals surface area contributed by atoms with Gasteiger partial charge in [-0.15, -0.1) is 10.2 Å². The van der Waals surface area contributed by atoms with Gasteiger partial charge in [-0.25, -0.2) is 4.39 Å². The highest BCUT2D eigenvalue weighted by Crippen LogP contribution is 2.41. The fourth-order valence-corrected chi connectivity index (χ4v) is 5.93. The molecule has 0 spiro atoms. The van der Waals surface area contributed by atoms with Crippen molar-refractivity contribution < 1.29 is 9.13 Å². The van der Waals surface area contributed by atoms with Crippen LogP contribution in [0, 0.1) is 17.7 Å². The van der Waals surface area contributed by atoms with E-state index in [1.54, 1.807) is 6.07 Å². The van der Waals surface area contributed by atoms with Crippen molar-refractivity contribution in [3.63, 3.8) is 0 Å². The number of aromatic nitrogens is 2. The van der Waals surface area contributed by atoms with Crippen LogP contribution in [0.3, 0.4) is 0 Å². The lowest BCUT2D eigenvalue weighted by molar-refractivity contribution is -0.0811. The molecule has 1 aromatic heterocycles. The predicted molar refractivity (Wildman–Crippen MR) is 121 cm³/mol. The van der Waals surface area contributed by atoms with Crippen LogP contribution < -0.4 is 5.32 Å². The van der Waals surface area contributed by atoms with E-state index in [0.29, 0.717) is 28.4 Å². The van der Waals surface area contributed by atoms with Crippen LogP contribution in [0.4, 0.5) is 10.2 Å². The summed E-state index contributed by atoms with van der Waals surface area (Å²) in [4.78, 5) is 2.72. The van der Waals surface area contributed by atoms with Crippen molar-refractivity contribution >= 4 is 17.4 Å². The Balaban J connectivity index is 1.17. The summed E-state index contributed by atoms with van der Waals surface area (Å²) in [6.07, 6.45) is 4.63. The van der Waals surface area contributed by atoms with Crippen molar-refractivity contribution in [1.29, 1.82) is 0 Å². The van der Waals surface area contributed by atoms with E-state index in [4.69, 9.17) is 16.3 Å². The number of halogens is 2. The van der Waals surface area contributed by atoms with Gasteiger partial charge in [0.05, 0.1) is 16.3 Å². The summed E-state index contributed by atoms with van der Waals surface area (Å²) in [6.45, 7) is 7.71. The van der Waals surface area contributed by atoms with Crippen molar-refractivity contribution in [2.45, 2.75) is 57.2 Å². The monoisotopic (exact) mass is 444 g/mol. The smallest absolute Gasteiger partial charge is 0.148 e. The lowest BCUT2D eigenvalue weighted by atomic mass is 9.93. The first-order valence-electron chi connectivity index (χ1n) is 11.3. The maximum Gasteiger partial charge on any atom is 0.148 e. The second-order valence-corrected chi connectivity index (χ2v) is 10.4. The summed E-state index contributed by atoms with van der Waals surface area (Å²) in [5.74, 6) is 1.94. The standard InChI is InChI=1S/C24H30ClFN4O/c1-24(2)12-19(7-8-31-24)30-13-15-9-18(10-16(15)14-30)27-23-6-5-22(28-29-23)20-11-17(26)3-4-21(20)25/h3-6,11,15-16,18-19H,7-10,12-14H2,1-2H3,(H,27,29)/t15-,16-,19+/m1/s1. The van der Waals surface area contributed by atoms with Gasteiger partial charge in [-0.1, -0.05) is 11.6 Å². The van der Waals surface area contributed by atoms with Crippen molar-refractivity contribution in [1.82, 2.24) is 15.1 Å². The summed E-state index contributed by atoms with van der Waals surface area (Å²) in [5.41, 5.74) is 1.14. The zero-order valence-corrected chi connectivity index (χ0v) is 18.9. The molecule has 3 atom stereocenters. The number of ether oxygens (including phenoxy) is 1. The van der Waals surface area contributed by atoms with E-state index in [9.17, 15) is 4.39 Å². The summed E-state index contributed by atoms with van der Waals surface area (Å²) >= 11 is 6.18. The molecule has 31 heavy (non-hydrogen) atoms. The SMILES string of the molecule is CC1(C)C[C@@H](N2C[C@H]3CC(Nc4ccc(-c5cc(F)ccc5Cl)nn4)C[C@@H]3C2)CCO1. The van der Waals surface area contributed by atoms with Crippen LogP contribution in [-0.2, 0) is 4.74 Å². The van der Waals surface area contributed by atoms with E-state index < -0.39 is 0 Å². The highest BCUT2D eigenvalue weighted by Gasteiger charge is 2.44. The summed E-state index contributed by atoms with van der Waals surface area (Å²) in [7, 11) is 0. The Morgan fingerprint density at radius 2 is 1.90 bits per heavy atom. The zero-order chi connectivity index (χ0) is 21.6. The fraction of sp³-hybridized carbons (Fsp3) is 0.583. The molecule has 0 radical (unpaired) electrons. The minimum atomic E-state index is -0.334. The van der Waals surface area contributed by atoms with Gasteiger partial charge in [0, 0.05) is 37.3 Å². The third-order valence-corrected chi connectivity index (χ3v) is 7.52. The fourth-order valence-electron chi connectivity index (χ4n) is 5.72. The predicted octanol–water partition coefficient (Wildman–Crippen LogP) is 5.02. The van der Waals surface area contributed by atoms with Gasteiger partial charge in [0.2, 0.25) is 0 Å². The molecule has 0 unspecified atom stereocenters. The molecule has 5 rings (SSSR count). The molecule has 166 valence electrons. The molecule has 5 nitrogen and oxygen atoms in total. The van der Waals surface area contributed by atoms with Gasteiger partial charge < -0.3 is 10.1 Å². The van der Waals surface area contributed by atoms with E-state index in [0.717, 1.165) is 37.1 Å². The van der Waals surface area contributed by atoms with Crippen LogP contribution in [0.5, 0.6) is 0 Å². The number of hydrogen-bond acceptors (Lipinski definition) is 5. The maximum atomic E-state index is 13.6. The van der Waals surface area contributed by atoms with Gasteiger partial charge in [0.25, 0.3) is 0 Å². The first kappa shape index (κ1) is 21.1. The molecular weight excluding hydrogens is 415 g/mol. The van der Waals surface area contributed by atoms with Gasteiger partial charge in [-0.2, -0.15) is 0 Å². The van der Waals surface area contributed by atoms with Gasteiger partial charge >= 0.3 is 0 Å². The Hall–Kier alpha value is -1.76. The van der Waals surface area contributed by atoms with E-state index >= 15 is 0 Å². The molecule has 0 amide bonds. The topological polar surface area (TPSA) is 50.3 Å². The first-order chi connectivity index (χ1) is 14.9. The van der Waals surface area contributed by atoms with Crippen LogP contribution in [-0.4, -0.2) is 52.5 Å². The molecular formula is C24H30ClFN4O. The number of benzene rings is 1. The first-order valence-corrected chi connectivity index (χ1v) is 11.7. The molecule has 7 heteroatoms. The molecule has 0 bridgehead atoms. The number of fused-ring (bicyclic) bond motifs is 1. The minimum Gasteiger partial charge on any atom is -0.375 e. The number of rotatable bonds is 4. The van der Waals surface area contributed by atoms with Crippen molar-refractivity contribution in [3.8, 4) is 11.3 Å². The molecule has 2 aliphatic heterocycles. The molecule has 3 aliphatic rings. The average Bonchev–Trinajstić information content (AvgIpc) is 3.28. The third kappa shape index (κ3) is 4.57. The normalized spacial score (nSPS) is 28.6. The molecule has 3 heterocycles. The Morgan fingerprint density at radius 1 is 1.13 bits per heavy atom. The van der Waals surface area contributed by atoms with Crippen molar-refractivity contribution in [2.75, 3.05) is 25.0 Å². The van der Waals surface area contributed by atoms with E-state index in [1.165, 1.54) is 38.1 Å². The van der Waals surface area contributed by atoms with Gasteiger partial charge in [-0.05, 0) is 81.7 Å². The van der Waals surface area contributed by atoms with Crippen LogP contribution in [0.25, 0.3) is 11.3 Å². The number of nitrogens with one attached hydrogen (secondary N) is 1. The van der Waals surface area contributed by atoms with Crippen LogP contribution in [0.15, 0.2) is 30.3 Å². The van der Waals surface area contributed by atoms with Gasteiger partial charge in [-0.3, -0.25) is 4.90 Å². The Kier molecular flexibility index (Phi) is 5.65. The average molecular weight is 445 g/mol. The molecule has 1 aliphatic carbocycles. The quantitative estimate of drug-likeness (QED) is 0.717. The number of nitrogens with zero attached hydrogens (tertiary/aromatic N) is 3. The van der Waals surface area contributed by atoms with Crippen LogP contribution >= 0.6 is 11.6 Å². The van der Waals surface area contributed by atoms with E-state index in [1.807, 2.05) is 12.1 Å². The van der Waals surface area contributed by atoms with Crippen LogP contribution in [0.2, 0.25) is 5.02 Å². The van der Waals surface area contributed by atoms with Crippen LogP contribution in [0.1, 0.15) is 39.5 Å². The van der Waals surface area contributed by atoms with Gasteiger partial charge in [0.1, 0.15) is 11.6 Å². The maximum absolute atomic E-state index is 13.6. The summed E-state index contributed by atoms with van der Waals surface area (Å²) < 4.78 is 19.5. The minimum absolute atomic E-state index is 0.00524.